The molecule has 0 N–H and O–H groups in total. The molecule has 0 aliphatic rings. The minimum atomic E-state index is -0.445. The minimum Gasteiger partial charge on any atom is -0.486 e. The van der Waals surface area contributed by atoms with Crippen LogP contribution in [0.3, 0.4) is 0 Å². The van der Waals surface area contributed by atoms with Crippen LogP contribution in [0.4, 0.5) is 5.69 Å². The molecule has 0 bridgehead atoms. The van der Waals surface area contributed by atoms with Crippen LogP contribution >= 0.6 is 11.8 Å². The van der Waals surface area contributed by atoms with E-state index in [9.17, 15) is 10.1 Å². The molecule has 3 rings (SSSR count). The van der Waals surface area contributed by atoms with E-state index in [-0.39, 0.29) is 11.4 Å². The smallest absolute Gasteiger partial charge is 0.310 e. The number of nitro benzene ring substituents is 1. The normalized spacial score (nSPS) is 10.7. The Bertz CT molecular complexity index is 926. The van der Waals surface area contributed by atoms with Crippen LogP contribution in [0.2, 0.25) is 0 Å². The van der Waals surface area contributed by atoms with Crippen LogP contribution in [0.15, 0.2) is 53.7 Å². The summed E-state index contributed by atoms with van der Waals surface area (Å²) in [5, 5.41) is 20.3. The summed E-state index contributed by atoms with van der Waals surface area (Å²) < 4.78 is 7.49. The van der Waals surface area contributed by atoms with Gasteiger partial charge in [0.2, 0.25) is 0 Å². The summed E-state index contributed by atoms with van der Waals surface area (Å²) in [6, 6.07) is 14.4. The van der Waals surface area contributed by atoms with Gasteiger partial charge in [-0.15, -0.1) is 10.2 Å². The predicted molar refractivity (Wildman–Crippen MR) is 100 cm³/mol. The first-order valence-electron chi connectivity index (χ1n) is 8.02. The molecule has 0 saturated carbocycles. The van der Waals surface area contributed by atoms with E-state index in [4.69, 9.17) is 4.74 Å². The molecule has 0 aliphatic heterocycles. The van der Waals surface area contributed by atoms with Gasteiger partial charge in [-0.25, -0.2) is 0 Å². The molecule has 0 saturated heterocycles. The Morgan fingerprint density at radius 3 is 2.65 bits per heavy atom. The Morgan fingerprint density at radius 1 is 1.15 bits per heavy atom. The maximum atomic E-state index is 11.0. The van der Waals surface area contributed by atoms with Crippen molar-refractivity contribution >= 4 is 17.4 Å². The highest BCUT2D eigenvalue weighted by Crippen LogP contribution is 2.27. The summed E-state index contributed by atoms with van der Waals surface area (Å²) in [6.07, 6.45) is 0. The molecule has 3 aromatic rings. The molecule has 2 aromatic carbocycles. The molecule has 26 heavy (non-hydrogen) atoms. The molecular formula is C18H18N4O3S. The highest BCUT2D eigenvalue weighted by atomic mass is 32.2. The first kappa shape index (κ1) is 17.9. The lowest BCUT2D eigenvalue weighted by Crippen LogP contribution is -2.04. The van der Waals surface area contributed by atoms with Crippen LogP contribution in [0.25, 0.3) is 11.4 Å². The van der Waals surface area contributed by atoms with Crippen LogP contribution in [0.5, 0.6) is 5.75 Å². The standard InChI is InChI=1S/C18H18N4O3S/c1-13-7-3-4-8-14(13)17-19-20-18(21(17)2)26-12-11-25-16-10-6-5-9-15(16)22(23)24/h3-10H,11-12H2,1-2H3. The quantitative estimate of drug-likeness (QED) is 0.272. The Balaban J connectivity index is 1.62. The molecule has 1 heterocycles. The summed E-state index contributed by atoms with van der Waals surface area (Å²) in [5.41, 5.74) is 2.16. The van der Waals surface area contributed by atoms with Gasteiger partial charge in [0.1, 0.15) is 0 Å². The van der Waals surface area contributed by atoms with Gasteiger partial charge in [0.25, 0.3) is 0 Å². The van der Waals surface area contributed by atoms with Crippen molar-refractivity contribution in [2.45, 2.75) is 12.1 Å². The van der Waals surface area contributed by atoms with Gasteiger partial charge in [0.05, 0.1) is 11.5 Å². The number of nitro groups is 1. The number of aryl methyl sites for hydroxylation is 1. The highest BCUT2D eigenvalue weighted by Gasteiger charge is 2.15. The molecule has 0 amide bonds. The molecule has 0 unspecified atom stereocenters. The van der Waals surface area contributed by atoms with E-state index in [2.05, 4.69) is 10.2 Å². The maximum absolute atomic E-state index is 11.0. The number of benzene rings is 2. The number of thioether (sulfide) groups is 1. The van der Waals surface area contributed by atoms with Gasteiger partial charge in [-0.3, -0.25) is 10.1 Å². The average molecular weight is 370 g/mol. The fourth-order valence-electron chi connectivity index (χ4n) is 2.51. The SMILES string of the molecule is Cc1ccccc1-c1nnc(SCCOc2ccccc2[N+](=O)[O-])n1C. The van der Waals surface area contributed by atoms with Crippen molar-refractivity contribution in [3.05, 3.63) is 64.2 Å². The molecular weight excluding hydrogens is 352 g/mol. The van der Waals surface area contributed by atoms with E-state index in [1.54, 1.807) is 18.2 Å². The first-order valence-corrected chi connectivity index (χ1v) is 9.01. The van der Waals surface area contributed by atoms with E-state index >= 15 is 0 Å². The molecule has 0 spiro atoms. The summed E-state index contributed by atoms with van der Waals surface area (Å²) in [4.78, 5) is 10.5. The zero-order chi connectivity index (χ0) is 18.5. The number of ether oxygens (including phenoxy) is 1. The van der Waals surface area contributed by atoms with Crippen molar-refractivity contribution in [2.24, 2.45) is 7.05 Å². The van der Waals surface area contributed by atoms with Gasteiger partial charge in [-0.2, -0.15) is 0 Å². The number of aromatic nitrogens is 3. The number of hydrogen-bond acceptors (Lipinski definition) is 6. The van der Waals surface area contributed by atoms with Crippen LogP contribution in [-0.2, 0) is 7.05 Å². The van der Waals surface area contributed by atoms with Gasteiger partial charge in [-0.1, -0.05) is 48.2 Å². The van der Waals surface area contributed by atoms with Crippen LogP contribution in [0.1, 0.15) is 5.56 Å². The average Bonchev–Trinajstić information content (AvgIpc) is 3.00. The fraction of sp³-hybridized carbons (Fsp3) is 0.222. The van der Waals surface area contributed by atoms with Gasteiger partial charge in [0.15, 0.2) is 16.7 Å². The third kappa shape index (κ3) is 3.85. The number of nitrogens with zero attached hydrogens (tertiary/aromatic N) is 4. The molecule has 0 radical (unpaired) electrons. The molecule has 1 aromatic heterocycles. The van der Waals surface area contributed by atoms with Crippen molar-refractivity contribution in [3.8, 4) is 17.1 Å². The third-order valence-corrected chi connectivity index (χ3v) is 4.84. The minimum absolute atomic E-state index is 0.0296. The van der Waals surface area contributed by atoms with Crippen LogP contribution in [-0.4, -0.2) is 32.0 Å². The largest absolute Gasteiger partial charge is 0.486 e. The zero-order valence-corrected chi connectivity index (χ0v) is 15.3. The summed E-state index contributed by atoms with van der Waals surface area (Å²) in [6.45, 7) is 2.37. The monoisotopic (exact) mass is 370 g/mol. The molecule has 7 nitrogen and oxygen atoms in total. The van der Waals surface area contributed by atoms with E-state index < -0.39 is 4.92 Å². The zero-order valence-electron chi connectivity index (χ0n) is 14.5. The van der Waals surface area contributed by atoms with Gasteiger partial charge >= 0.3 is 5.69 Å². The van der Waals surface area contributed by atoms with Crippen molar-refractivity contribution in [3.63, 3.8) is 0 Å². The Labute approximate surface area is 155 Å². The predicted octanol–water partition coefficient (Wildman–Crippen LogP) is 3.87. The third-order valence-electron chi connectivity index (χ3n) is 3.85. The molecule has 8 heteroatoms. The van der Waals surface area contributed by atoms with Crippen molar-refractivity contribution in [2.75, 3.05) is 12.4 Å². The second-order valence-electron chi connectivity index (χ2n) is 5.60. The van der Waals surface area contributed by atoms with Gasteiger partial charge < -0.3 is 9.30 Å². The van der Waals surface area contributed by atoms with Gasteiger partial charge in [-0.05, 0) is 18.6 Å². The lowest BCUT2D eigenvalue weighted by molar-refractivity contribution is -0.385. The Hall–Kier alpha value is -2.87. The highest BCUT2D eigenvalue weighted by molar-refractivity contribution is 7.99. The summed E-state index contributed by atoms with van der Waals surface area (Å²) in [7, 11) is 1.92. The fourth-order valence-corrected chi connectivity index (χ4v) is 3.24. The van der Waals surface area contributed by atoms with Crippen molar-refractivity contribution in [1.82, 2.24) is 14.8 Å². The maximum Gasteiger partial charge on any atom is 0.310 e. The van der Waals surface area contributed by atoms with Crippen molar-refractivity contribution in [1.29, 1.82) is 0 Å². The lowest BCUT2D eigenvalue weighted by Gasteiger charge is -2.07. The topological polar surface area (TPSA) is 83.1 Å². The molecule has 0 aliphatic carbocycles. The Morgan fingerprint density at radius 2 is 1.88 bits per heavy atom. The lowest BCUT2D eigenvalue weighted by atomic mass is 10.1. The van der Waals surface area contributed by atoms with E-state index in [0.29, 0.717) is 12.4 Å². The summed E-state index contributed by atoms with van der Waals surface area (Å²) >= 11 is 1.50. The first-order chi connectivity index (χ1) is 12.6. The van der Waals surface area contributed by atoms with Gasteiger partial charge in [0, 0.05) is 24.4 Å². The van der Waals surface area contributed by atoms with E-state index in [1.165, 1.54) is 17.8 Å². The molecule has 0 atom stereocenters. The van der Waals surface area contributed by atoms with Crippen LogP contribution < -0.4 is 4.74 Å². The van der Waals surface area contributed by atoms with Crippen LogP contribution in [0, 0.1) is 17.0 Å². The second-order valence-corrected chi connectivity index (χ2v) is 6.66. The Kier molecular flexibility index (Phi) is 5.52. The number of rotatable bonds is 7. The molecule has 134 valence electrons. The second kappa shape index (κ2) is 8.01. The van der Waals surface area contributed by atoms with Crippen molar-refractivity contribution < 1.29 is 9.66 Å². The van der Waals surface area contributed by atoms with E-state index in [1.807, 2.05) is 42.8 Å². The molecule has 0 fully saturated rings. The van der Waals surface area contributed by atoms with E-state index in [0.717, 1.165) is 22.1 Å². The number of hydrogen-bond donors (Lipinski definition) is 0. The number of para-hydroxylation sites is 2. The summed E-state index contributed by atoms with van der Waals surface area (Å²) in [5.74, 6) is 1.69.